The largest absolute Gasteiger partial charge is 0.379 e. The summed E-state index contributed by atoms with van der Waals surface area (Å²) in [4.78, 5) is 12.2. The number of aromatic nitrogens is 2. The van der Waals surface area contributed by atoms with Crippen molar-refractivity contribution in [1.29, 1.82) is 0 Å². The van der Waals surface area contributed by atoms with Crippen LogP contribution in [0.2, 0.25) is 9.36 Å². The summed E-state index contributed by atoms with van der Waals surface area (Å²) in [6, 6.07) is 5.46. The summed E-state index contributed by atoms with van der Waals surface area (Å²) < 4.78 is 4.31. The number of hydrogen-bond acceptors (Lipinski definition) is 5. The van der Waals surface area contributed by atoms with Gasteiger partial charge < -0.3 is 10.6 Å². The van der Waals surface area contributed by atoms with Crippen molar-refractivity contribution < 1.29 is 4.79 Å². The average Bonchev–Trinajstić information content (AvgIpc) is 3.18. The summed E-state index contributed by atoms with van der Waals surface area (Å²) >= 11 is 13.1. The minimum Gasteiger partial charge on any atom is -0.379 e. The number of hydrogen-bond donors (Lipinski definition) is 2. The van der Waals surface area contributed by atoms with E-state index in [1.54, 1.807) is 18.2 Å². The molecule has 0 unspecified atom stereocenters. The van der Waals surface area contributed by atoms with Crippen LogP contribution in [0.1, 0.15) is 28.9 Å². The first-order chi connectivity index (χ1) is 10.1. The van der Waals surface area contributed by atoms with Crippen LogP contribution in [-0.2, 0) is 6.54 Å². The molecule has 5 nitrogen and oxygen atoms in total. The third-order valence-corrected chi connectivity index (χ3v) is 4.31. The van der Waals surface area contributed by atoms with Gasteiger partial charge in [0.15, 0.2) is 0 Å². The number of carbonyl (C=O) groups excluding carboxylic acids is 1. The number of nitrogens with zero attached hydrogens (tertiary/aromatic N) is 2. The van der Waals surface area contributed by atoms with Crippen molar-refractivity contribution in [2.45, 2.75) is 25.4 Å². The van der Waals surface area contributed by atoms with E-state index in [1.807, 2.05) is 0 Å². The second-order valence-corrected chi connectivity index (χ2v) is 6.58. The second-order valence-electron chi connectivity index (χ2n) is 4.78. The van der Waals surface area contributed by atoms with Gasteiger partial charge in [-0.05, 0) is 31.0 Å². The minimum atomic E-state index is -0.120. The van der Waals surface area contributed by atoms with Gasteiger partial charge in [0.05, 0.1) is 12.1 Å². The van der Waals surface area contributed by atoms with E-state index in [9.17, 15) is 4.79 Å². The normalized spacial score (nSPS) is 14.0. The van der Waals surface area contributed by atoms with Crippen LogP contribution in [-0.4, -0.2) is 21.5 Å². The lowest BCUT2D eigenvalue weighted by atomic mass is 10.1. The monoisotopic (exact) mass is 342 g/mol. The molecule has 0 radical (unpaired) electrons. The summed E-state index contributed by atoms with van der Waals surface area (Å²) in [6.45, 7) is 0.403. The molecule has 1 saturated carbocycles. The fourth-order valence-corrected chi connectivity index (χ4v) is 2.63. The Morgan fingerprint density at radius 3 is 2.86 bits per heavy atom. The molecule has 1 aliphatic rings. The van der Waals surface area contributed by atoms with Crippen LogP contribution in [0.3, 0.4) is 0 Å². The van der Waals surface area contributed by atoms with E-state index < -0.39 is 0 Å². The van der Waals surface area contributed by atoms with E-state index in [1.165, 1.54) is 0 Å². The minimum absolute atomic E-state index is 0.120. The topological polar surface area (TPSA) is 66.9 Å². The van der Waals surface area contributed by atoms with Crippen LogP contribution in [0.25, 0.3) is 0 Å². The van der Waals surface area contributed by atoms with E-state index in [0.29, 0.717) is 38.9 Å². The number of anilines is 1. The SMILES string of the molecule is O=C(NC1CC1)c1cc(Cl)ccc1NCc1nnsc1Cl. The molecule has 1 heterocycles. The Balaban J connectivity index is 1.76. The molecule has 110 valence electrons. The van der Waals surface area contributed by atoms with E-state index in [2.05, 4.69) is 20.2 Å². The van der Waals surface area contributed by atoms with E-state index in [0.717, 1.165) is 24.4 Å². The van der Waals surface area contributed by atoms with Crippen molar-refractivity contribution in [3.05, 3.63) is 38.8 Å². The van der Waals surface area contributed by atoms with Gasteiger partial charge in [-0.25, -0.2) is 0 Å². The molecule has 1 amide bonds. The summed E-state index contributed by atoms with van der Waals surface area (Å²) in [5.74, 6) is -0.120. The van der Waals surface area contributed by atoms with Gasteiger partial charge in [-0.15, -0.1) is 5.10 Å². The fourth-order valence-electron chi connectivity index (χ4n) is 1.83. The van der Waals surface area contributed by atoms with Crippen molar-refractivity contribution in [2.24, 2.45) is 0 Å². The Kier molecular flexibility index (Phi) is 4.28. The molecule has 1 aromatic heterocycles. The highest BCUT2D eigenvalue weighted by atomic mass is 35.5. The van der Waals surface area contributed by atoms with Crippen LogP contribution in [0, 0.1) is 0 Å². The van der Waals surface area contributed by atoms with Crippen molar-refractivity contribution >= 4 is 46.3 Å². The number of amides is 1. The molecule has 0 spiro atoms. The van der Waals surface area contributed by atoms with E-state index in [-0.39, 0.29) is 5.91 Å². The summed E-state index contributed by atoms with van der Waals surface area (Å²) in [5.41, 5.74) is 1.88. The Morgan fingerprint density at radius 1 is 1.38 bits per heavy atom. The van der Waals surface area contributed by atoms with Gasteiger partial charge in [-0.2, -0.15) is 0 Å². The predicted molar refractivity (Wildman–Crippen MR) is 84.2 cm³/mol. The first-order valence-corrected chi connectivity index (χ1v) is 7.97. The molecule has 2 N–H and O–H groups in total. The van der Waals surface area contributed by atoms with Gasteiger partial charge in [-0.1, -0.05) is 27.7 Å². The van der Waals surface area contributed by atoms with Crippen molar-refractivity contribution in [3.8, 4) is 0 Å². The lowest BCUT2D eigenvalue weighted by Gasteiger charge is -2.12. The van der Waals surface area contributed by atoms with Crippen LogP contribution in [0.4, 0.5) is 5.69 Å². The molecule has 8 heteroatoms. The fraction of sp³-hybridized carbons (Fsp3) is 0.308. The molecular weight excluding hydrogens is 331 g/mol. The van der Waals surface area contributed by atoms with Gasteiger partial charge >= 0.3 is 0 Å². The maximum Gasteiger partial charge on any atom is 0.253 e. The van der Waals surface area contributed by atoms with Gasteiger partial charge in [0.2, 0.25) is 0 Å². The molecule has 2 aromatic rings. The molecule has 0 saturated heterocycles. The zero-order valence-electron chi connectivity index (χ0n) is 10.9. The number of carbonyl (C=O) groups is 1. The Labute approximate surface area is 135 Å². The Bertz CT molecular complexity index is 672. The molecule has 1 fully saturated rings. The predicted octanol–water partition coefficient (Wildman–Crippen LogP) is 3.35. The number of halogens is 2. The standard InChI is InChI=1S/C13H12Cl2N4OS/c14-7-1-4-10(16-6-11-12(15)21-19-18-11)9(5-7)13(20)17-8-2-3-8/h1,4-5,8,16H,2-3,6H2,(H,17,20). The van der Waals surface area contributed by atoms with Crippen molar-refractivity contribution in [3.63, 3.8) is 0 Å². The average molecular weight is 343 g/mol. The number of rotatable bonds is 5. The first kappa shape index (κ1) is 14.6. The molecular formula is C13H12Cl2N4OS. The molecule has 0 aliphatic heterocycles. The first-order valence-electron chi connectivity index (χ1n) is 6.44. The zero-order chi connectivity index (χ0) is 14.8. The lowest BCUT2D eigenvalue weighted by Crippen LogP contribution is -2.26. The zero-order valence-corrected chi connectivity index (χ0v) is 13.2. The molecule has 21 heavy (non-hydrogen) atoms. The molecule has 0 atom stereocenters. The number of benzene rings is 1. The summed E-state index contributed by atoms with van der Waals surface area (Å²) in [6.07, 6.45) is 2.07. The maximum atomic E-state index is 12.2. The lowest BCUT2D eigenvalue weighted by molar-refractivity contribution is 0.0952. The third-order valence-electron chi connectivity index (χ3n) is 3.09. The van der Waals surface area contributed by atoms with Crippen LogP contribution in [0.5, 0.6) is 0 Å². The van der Waals surface area contributed by atoms with Gasteiger partial charge in [0.25, 0.3) is 5.91 Å². The quantitative estimate of drug-likeness (QED) is 0.874. The molecule has 1 aliphatic carbocycles. The van der Waals surface area contributed by atoms with Crippen LogP contribution in [0.15, 0.2) is 18.2 Å². The second kappa shape index (κ2) is 6.17. The van der Waals surface area contributed by atoms with Gasteiger partial charge in [-0.3, -0.25) is 4.79 Å². The highest BCUT2D eigenvalue weighted by molar-refractivity contribution is 7.10. The highest BCUT2D eigenvalue weighted by Crippen LogP contribution is 2.25. The van der Waals surface area contributed by atoms with Gasteiger partial charge in [0.1, 0.15) is 10.0 Å². The van der Waals surface area contributed by atoms with Crippen LogP contribution >= 0.6 is 34.7 Å². The maximum absolute atomic E-state index is 12.2. The summed E-state index contributed by atoms with van der Waals surface area (Å²) in [7, 11) is 0. The van der Waals surface area contributed by atoms with Crippen LogP contribution < -0.4 is 10.6 Å². The van der Waals surface area contributed by atoms with Crippen molar-refractivity contribution in [2.75, 3.05) is 5.32 Å². The Morgan fingerprint density at radius 2 is 2.19 bits per heavy atom. The molecule has 3 rings (SSSR count). The molecule has 1 aromatic carbocycles. The third kappa shape index (κ3) is 3.64. The summed E-state index contributed by atoms with van der Waals surface area (Å²) in [5, 5.41) is 10.6. The molecule has 0 bridgehead atoms. The Hall–Kier alpha value is -1.37. The van der Waals surface area contributed by atoms with Crippen molar-refractivity contribution in [1.82, 2.24) is 14.9 Å². The van der Waals surface area contributed by atoms with E-state index >= 15 is 0 Å². The van der Waals surface area contributed by atoms with Gasteiger partial charge in [0, 0.05) is 28.3 Å². The van der Waals surface area contributed by atoms with E-state index in [4.69, 9.17) is 23.2 Å². The number of nitrogens with one attached hydrogen (secondary N) is 2. The highest BCUT2D eigenvalue weighted by Gasteiger charge is 2.25. The smallest absolute Gasteiger partial charge is 0.253 e.